The molecule has 1 N–H and O–H groups in total. The summed E-state index contributed by atoms with van der Waals surface area (Å²) in [6.07, 6.45) is 0. The summed E-state index contributed by atoms with van der Waals surface area (Å²) >= 11 is 3.16. The van der Waals surface area contributed by atoms with E-state index in [4.69, 9.17) is 4.74 Å². The Morgan fingerprint density at radius 3 is 2.52 bits per heavy atom. The van der Waals surface area contributed by atoms with Gasteiger partial charge in [-0.1, -0.05) is 23.9 Å². The first-order chi connectivity index (χ1) is 13.0. The fraction of sp³-hybridized carbons (Fsp3) is 0.400. The van der Waals surface area contributed by atoms with Crippen molar-refractivity contribution in [1.29, 1.82) is 0 Å². The SMILES string of the molecule is CCOC(=O)c1c(C)sc2c1N(C(=O)C[NH+](CC)CC)c1ccccc1S2. The smallest absolute Gasteiger partial charge is 0.341 e. The van der Waals surface area contributed by atoms with Crippen molar-refractivity contribution in [2.24, 2.45) is 0 Å². The van der Waals surface area contributed by atoms with Gasteiger partial charge in [0.05, 0.1) is 40.8 Å². The molecule has 1 aromatic carbocycles. The maximum absolute atomic E-state index is 13.3. The van der Waals surface area contributed by atoms with Gasteiger partial charge in [-0.3, -0.25) is 9.69 Å². The van der Waals surface area contributed by atoms with Gasteiger partial charge in [0, 0.05) is 9.77 Å². The summed E-state index contributed by atoms with van der Waals surface area (Å²) in [6.45, 7) is 10.3. The van der Waals surface area contributed by atoms with Crippen LogP contribution in [-0.4, -0.2) is 38.1 Å². The highest BCUT2D eigenvalue weighted by molar-refractivity contribution is 8.01. The molecule has 0 unspecified atom stereocenters. The predicted molar refractivity (Wildman–Crippen MR) is 110 cm³/mol. The van der Waals surface area contributed by atoms with Crippen molar-refractivity contribution in [2.75, 3.05) is 31.1 Å². The second-order valence-corrected chi connectivity index (χ2v) is 8.86. The average molecular weight is 406 g/mol. The molecule has 27 heavy (non-hydrogen) atoms. The van der Waals surface area contributed by atoms with Gasteiger partial charge in [-0.25, -0.2) is 4.79 Å². The number of nitrogens with zero attached hydrogens (tertiary/aromatic N) is 1. The zero-order valence-electron chi connectivity index (χ0n) is 16.1. The molecule has 0 spiro atoms. The number of hydrogen-bond donors (Lipinski definition) is 1. The maximum atomic E-state index is 13.3. The standard InChI is InChI=1S/C20H24N2O3S2/c1-5-21(6-2)12-16(23)22-14-10-8-9-11-15(14)27-20-18(22)17(13(4)26-20)19(24)25-7-3/h8-11H,5-7,12H2,1-4H3/p+1. The fourth-order valence-electron chi connectivity index (χ4n) is 3.22. The van der Waals surface area contributed by atoms with Gasteiger partial charge in [-0.2, -0.15) is 0 Å². The number of quaternary nitrogens is 1. The molecule has 1 aliphatic heterocycles. The van der Waals surface area contributed by atoms with Crippen molar-refractivity contribution in [1.82, 2.24) is 0 Å². The highest BCUT2D eigenvalue weighted by Crippen LogP contribution is 2.54. The Morgan fingerprint density at radius 2 is 1.85 bits per heavy atom. The van der Waals surface area contributed by atoms with Crippen LogP contribution in [0.3, 0.4) is 0 Å². The fourth-order valence-corrected chi connectivity index (χ4v) is 5.79. The van der Waals surface area contributed by atoms with Gasteiger partial charge in [0.2, 0.25) is 0 Å². The molecule has 0 atom stereocenters. The number of aryl methyl sites for hydroxylation is 1. The van der Waals surface area contributed by atoms with E-state index in [1.807, 2.05) is 31.2 Å². The van der Waals surface area contributed by atoms with Gasteiger partial charge in [0.15, 0.2) is 6.54 Å². The molecular weight excluding hydrogens is 380 g/mol. The Hall–Kier alpha value is -1.83. The van der Waals surface area contributed by atoms with Crippen LogP contribution in [0.2, 0.25) is 0 Å². The molecule has 0 fully saturated rings. The van der Waals surface area contributed by atoms with E-state index in [-0.39, 0.29) is 11.9 Å². The molecule has 7 heteroatoms. The van der Waals surface area contributed by atoms with Crippen LogP contribution in [0.4, 0.5) is 11.4 Å². The number of esters is 1. The van der Waals surface area contributed by atoms with Gasteiger partial charge in [-0.15, -0.1) is 11.3 Å². The Bertz CT molecular complexity index is 859. The van der Waals surface area contributed by atoms with Crippen molar-refractivity contribution in [2.45, 2.75) is 36.8 Å². The van der Waals surface area contributed by atoms with Crippen molar-refractivity contribution in [3.05, 3.63) is 34.7 Å². The van der Waals surface area contributed by atoms with Crippen molar-refractivity contribution in [3.8, 4) is 0 Å². The maximum Gasteiger partial charge on any atom is 0.341 e. The predicted octanol–water partition coefficient (Wildman–Crippen LogP) is 3.29. The molecule has 0 bridgehead atoms. The zero-order valence-corrected chi connectivity index (χ0v) is 17.8. The molecule has 0 saturated carbocycles. The van der Waals surface area contributed by atoms with Crippen LogP contribution in [0, 0.1) is 6.92 Å². The Morgan fingerprint density at radius 1 is 1.15 bits per heavy atom. The number of amides is 1. The van der Waals surface area contributed by atoms with Crippen molar-refractivity contribution in [3.63, 3.8) is 0 Å². The van der Waals surface area contributed by atoms with Crippen LogP contribution in [-0.2, 0) is 9.53 Å². The molecule has 144 valence electrons. The zero-order chi connectivity index (χ0) is 19.6. The van der Waals surface area contributed by atoms with Gasteiger partial charge in [0.25, 0.3) is 5.91 Å². The van der Waals surface area contributed by atoms with E-state index >= 15 is 0 Å². The number of para-hydroxylation sites is 1. The van der Waals surface area contributed by atoms with E-state index in [1.165, 1.54) is 4.90 Å². The minimum atomic E-state index is -0.361. The van der Waals surface area contributed by atoms with E-state index in [0.29, 0.717) is 24.4 Å². The van der Waals surface area contributed by atoms with E-state index in [9.17, 15) is 9.59 Å². The van der Waals surface area contributed by atoms with E-state index in [2.05, 4.69) is 13.8 Å². The van der Waals surface area contributed by atoms with Crippen LogP contribution in [0.15, 0.2) is 33.4 Å². The molecule has 0 saturated heterocycles. The summed E-state index contributed by atoms with van der Waals surface area (Å²) in [5.74, 6) is -0.355. The topological polar surface area (TPSA) is 51.0 Å². The van der Waals surface area contributed by atoms with Crippen LogP contribution in [0.25, 0.3) is 0 Å². The quantitative estimate of drug-likeness (QED) is 0.750. The number of carbonyl (C=O) groups excluding carboxylic acids is 2. The van der Waals surface area contributed by atoms with Crippen LogP contribution >= 0.6 is 23.1 Å². The lowest BCUT2D eigenvalue weighted by Gasteiger charge is -2.30. The molecule has 1 aliphatic rings. The third-order valence-electron chi connectivity index (χ3n) is 4.69. The monoisotopic (exact) mass is 405 g/mol. The second kappa shape index (κ2) is 8.46. The molecule has 5 nitrogen and oxygen atoms in total. The lowest BCUT2D eigenvalue weighted by molar-refractivity contribution is -0.888. The van der Waals surface area contributed by atoms with Crippen LogP contribution in [0.1, 0.15) is 36.0 Å². The van der Waals surface area contributed by atoms with Crippen LogP contribution < -0.4 is 9.80 Å². The average Bonchev–Trinajstić information content (AvgIpc) is 2.99. The summed E-state index contributed by atoms with van der Waals surface area (Å²) in [7, 11) is 0. The van der Waals surface area contributed by atoms with E-state index in [1.54, 1.807) is 34.9 Å². The highest BCUT2D eigenvalue weighted by atomic mass is 32.2. The highest BCUT2D eigenvalue weighted by Gasteiger charge is 2.36. The minimum Gasteiger partial charge on any atom is -0.462 e. The van der Waals surface area contributed by atoms with Gasteiger partial charge >= 0.3 is 5.97 Å². The van der Waals surface area contributed by atoms with E-state index < -0.39 is 0 Å². The molecule has 0 aliphatic carbocycles. The van der Waals surface area contributed by atoms with Crippen LogP contribution in [0.5, 0.6) is 0 Å². The molecule has 3 rings (SSSR count). The molecular formula is C20H25N2O3S2+. The first-order valence-electron chi connectivity index (χ1n) is 9.25. The number of thiophene rings is 1. The Labute approximate surface area is 168 Å². The Balaban J connectivity index is 2.12. The third-order valence-corrected chi connectivity index (χ3v) is 7.02. The normalized spacial score (nSPS) is 12.7. The number of ether oxygens (including phenoxy) is 1. The van der Waals surface area contributed by atoms with E-state index in [0.717, 1.165) is 32.8 Å². The first kappa shape index (κ1) is 19.9. The first-order valence-corrected chi connectivity index (χ1v) is 10.9. The summed E-state index contributed by atoms with van der Waals surface area (Å²) < 4.78 is 6.26. The molecule has 1 amide bonds. The molecule has 2 heterocycles. The number of hydrogen-bond acceptors (Lipinski definition) is 5. The number of fused-ring (bicyclic) bond motifs is 2. The van der Waals surface area contributed by atoms with Crippen molar-refractivity contribution >= 4 is 46.3 Å². The summed E-state index contributed by atoms with van der Waals surface area (Å²) in [4.78, 5) is 30.8. The summed E-state index contributed by atoms with van der Waals surface area (Å²) in [6, 6.07) is 7.87. The molecule has 0 radical (unpaired) electrons. The Kier molecular flexibility index (Phi) is 6.24. The largest absolute Gasteiger partial charge is 0.462 e. The number of anilines is 2. The minimum absolute atomic E-state index is 0.00560. The number of nitrogens with one attached hydrogen (secondary N) is 1. The van der Waals surface area contributed by atoms with Gasteiger partial charge in [0.1, 0.15) is 0 Å². The lowest BCUT2D eigenvalue weighted by atomic mass is 10.1. The van der Waals surface area contributed by atoms with Gasteiger partial charge < -0.3 is 9.64 Å². The molecule has 2 aromatic rings. The number of rotatable bonds is 6. The number of carbonyl (C=O) groups is 2. The summed E-state index contributed by atoms with van der Waals surface area (Å²) in [5, 5.41) is 0. The second-order valence-electron chi connectivity index (χ2n) is 6.32. The summed E-state index contributed by atoms with van der Waals surface area (Å²) in [5.41, 5.74) is 2.05. The lowest BCUT2D eigenvalue weighted by Crippen LogP contribution is -3.12. The third kappa shape index (κ3) is 3.77. The van der Waals surface area contributed by atoms with Crippen molar-refractivity contribution < 1.29 is 19.2 Å². The number of benzene rings is 1. The van der Waals surface area contributed by atoms with Gasteiger partial charge in [-0.05, 0) is 39.8 Å². The number of likely N-dealkylation sites (N-methyl/N-ethyl adjacent to an activating group) is 1. The molecule has 1 aromatic heterocycles.